The van der Waals surface area contributed by atoms with Gasteiger partial charge in [0, 0.05) is 17.8 Å². The van der Waals surface area contributed by atoms with Crippen LogP contribution < -0.4 is 19.7 Å². The van der Waals surface area contributed by atoms with Gasteiger partial charge in [-0.15, -0.1) is 0 Å². The fourth-order valence-corrected chi connectivity index (χ4v) is 4.77. The summed E-state index contributed by atoms with van der Waals surface area (Å²) in [6.45, 7) is 0. The van der Waals surface area contributed by atoms with Gasteiger partial charge in [0.1, 0.15) is 29.1 Å². The molecule has 2 aromatic heterocycles. The molecule has 2 aromatic carbocycles. The highest BCUT2D eigenvalue weighted by Crippen LogP contribution is 2.46. The molecule has 5 rings (SSSR count). The zero-order valence-corrected chi connectivity index (χ0v) is 20.4. The molecule has 3 heterocycles. The van der Waals surface area contributed by atoms with Gasteiger partial charge in [0.05, 0.1) is 37.2 Å². The van der Waals surface area contributed by atoms with E-state index < -0.39 is 12.0 Å². The summed E-state index contributed by atoms with van der Waals surface area (Å²) in [6.07, 6.45) is 1.73. The Bertz CT molecular complexity index is 1420. The average molecular weight is 502 g/mol. The number of rotatable bonds is 7. The van der Waals surface area contributed by atoms with Crippen LogP contribution in [0.4, 0.5) is 5.69 Å². The van der Waals surface area contributed by atoms with Crippen LogP contribution in [0.3, 0.4) is 0 Å². The fourth-order valence-electron chi connectivity index (χ4n) is 4.43. The van der Waals surface area contributed by atoms with E-state index in [1.165, 1.54) is 0 Å². The van der Waals surface area contributed by atoms with Crippen LogP contribution in [0, 0.1) is 0 Å². The predicted octanol–water partition coefficient (Wildman–Crippen LogP) is 5.23. The molecule has 2 atom stereocenters. The first-order chi connectivity index (χ1) is 17.5. The van der Waals surface area contributed by atoms with E-state index in [9.17, 15) is 9.90 Å². The van der Waals surface area contributed by atoms with Gasteiger partial charge >= 0.3 is 5.97 Å². The first-order valence-corrected chi connectivity index (χ1v) is 11.6. The molecule has 0 radical (unpaired) electrons. The smallest absolute Gasteiger partial charge is 0.336 e. The molecule has 0 spiro atoms. The molecular formula is C27H23N3O5S. The van der Waals surface area contributed by atoms with Gasteiger partial charge in [0.15, 0.2) is 5.11 Å². The average Bonchev–Trinajstić information content (AvgIpc) is 3.53. The Balaban J connectivity index is 1.64. The zero-order chi connectivity index (χ0) is 25.2. The third kappa shape index (κ3) is 4.14. The number of carboxylic acid groups (broad SMARTS) is 1. The summed E-state index contributed by atoms with van der Waals surface area (Å²) in [5.74, 6) is 1.24. The zero-order valence-electron chi connectivity index (χ0n) is 19.5. The normalized spacial score (nSPS) is 17.1. The van der Waals surface area contributed by atoms with Crippen molar-refractivity contribution in [2.24, 2.45) is 0 Å². The molecule has 182 valence electrons. The van der Waals surface area contributed by atoms with Crippen LogP contribution in [0.15, 0.2) is 83.4 Å². The number of carbonyl (C=O) groups is 1. The molecule has 0 bridgehead atoms. The fraction of sp³-hybridized carbons (Fsp3) is 0.148. The minimum Gasteiger partial charge on any atom is -0.497 e. The first-order valence-electron chi connectivity index (χ1n) is 11.2. The van der Waals surface area contributed by atoms with Crippen molar-refractivity contribution in [1.29, 1.82) is 0 Å². The van der Waals surface area contributed by atoms with Crippen LogP contribution >= 0.6 is 12.2 Å². The largest absolute Gasteiger partial charge is 0.497 e. The van der Waals surface area contributed by atoms with E-state index in [-0.39, 0.29) is 11.6 Å². The van der Waals surface area contributed by atoms with Crippen LogP contribution in [0.1, 0.15) is 33.9 Å². The van der Waals surface area contributed by atoms with Gasteiger partial charge in [-0.25, -0.2) is 4.79 Å². The van der Waals surface area contributed by atoms with E-state index in [0.29, 0.717) is 33.7 Å². The number of nitrogens with zero attached hydrogens (tertiary/aromatic N) is 2. The minimum atomic E-state index is -1.02. The molecule has 2 N–H and O–H groups in total. The maximum Gasteiger partial charge on any atom is 0.336 e. The molecule has 0 saturated carbocycles. The number of hydrogen-bond acceptors (Lipinski definition) is 6. The SMILES string of the molecule is COc1ccc(N2C(=S)N[C@H](c3ccccn3)[C@H]2c2ccc(-c3ccccc3C(=O)O)o2)c(OC)c1. The molecule has 0 unspecified atom stereocenters. The lowest BCUT2D eigenvalue weighted by atomic mass is 10.0. The number of ether oxygens (including phenoxy) is 2. The highest BCUT2D eigenvalue weighted by Gasteiger charge is 2.43. The number of aromatic nitrogens is 1. The van der Waals surface area contributed by atoms with Gasteiger partial charge in [-0.3, -0.25) is 4.98 Å². The Morgan fingerprint density at radius 2 is 1.86 bits per heavy atom. The van der Waals surface area contributed by atoms with Gasteiger partial charge < -0.3 is 29.2 Å². The number of furan rings is 1. The maximum absolute atomic E-state index is 11.8. The Morgan fingerprint density at radius 3 is 2.58 bits per heavy atom. The number of benzene rings is 2. The third-order valence-corrected chi connectivity index (χ3v) is 6.40. The van der Waals surface area contributed by atoms with Crippen LogP contribution in [-0.4, -0.2) is 35.4 Å². The lowest BCUT2D eigenvalue weighted by molar-refractivity contribution is 0.0697. The first kappa shape index (κ1) is 23.4. The van der Waals surface area contributed by atoms with E-state index in [4.69, 9.17) is 26.1 Å². The molecule has 1 aliphatic rings. The summed E-state index contributed by atoms with van der Waals surface area (Å²) in [7, 11) is 3.18. The van der Waals surface area contributed by atoms with Crippen LogP contribution in [0.5, 0.6) is 11.5 Å². The number of anilines is 1. The molecule has 1 aliphatic heterocycles. The quantitative estimate of drug-likeness (QED) is 0.330. The van der Waals surface area contributed by atoms with Crippen LogP contribution in [-0.2, 0) is 0 Å². The van der Waals surface area contributed by atoms with Crippen molar-refractivity contribution in [3.63, 3.8) is 0 Å². The standard InChI is InChI=1S/C27H23N3O5S/c1-33-16-10-11-20(23(15-16)34-2)30-25(24(29-27(30)36)19-9-5-6-14-28-19)22-13-12-21(35-22)17-7-3-4-8-18(17)26(31)32/h3-15,24-25H,1-2H3,(H,29,36)(H,31,32)/t24-,25-/m1/s1. The van der Waals surface area contributed by atoms with Crippen molar-refractivity contribution in [2.45, 2.75) is 12.1 Å². The van der Waals surface area contributed by atoms with Crippen LogP contribution in [0.25, 0.3) is 11.3 Å². The van der Waals surface area contributed by atoms with E-state index in [1.807, 2.05) is 41.3 Å². The van der Waals surface area contributed by atoms with Gasteiger partial charge in [0.2, 0.25) is 0 Å². The molecule has 0 amide bonds. The number of hydrogen-bond donors (Lipinski definition) is 2. The third-order valence-electron chi connectivity index (χ3n) is 6.09. The van der Waals surface area contributed by atoms with Gasteiger partial charge in [-0.2, -0.15) is 0 Å². The lowest BCUT2D eigenvalue weighted by Gasteiger charge is -2.27. The monoisotopic (exact) mass is 501 g/mol. The molecule has 0 aliphatic carbocycles. The number of methoxy groups -OCH3 is 2. The summed E-state index contributed by atoms with van der Waals surface area (Å²) in [4.78, 5) is 18.3. The second kappa shape index (κ2) is 9.71. The van der Waals surface area contributed by atoms with E-state index >= 15 is 0 Å². The summed E-state index contributed by atoms with van der Waals surface area (Å²) in [5, 5.41) is 13.5. The minimum absolute atomic E-state index is 0.161. The molecule has 1 saturated heterocycles. The van der Waals surface area contributed by atoms with Crippen molar-refractivity contribution in [2.75, 3.05) is 19.1 Å². The predicted molar refractivity (Wildman–Crippen MR) is 139 cm³/mol. The molecule has 36 heavy (non-hydrogen) atoms. The topological polar surface area (TPSA) is 97.1 Å². The van der Waals surface area contributed by atoms with Crippen molar-refractivity contribution < 1.29 is 23.8 Å². The summed E-state index contributed by atoms with van der Waals surface area (Å²) in [6, 6.07) is 20.8. The Labute approximate surface area is 213 Å². The molecule has 8 nitrogen and oxygen atoms in total. The van der Waals surface area contributed by atoms with Crippen molar-refractivity contribution in [3.05, 3.63) is 96.0 Å². The lowest BCUT2D eigenvalue weighted by Crippen LogP contribution is -2.29. The highest BCUT2D eigenvalue weighted by atomic mass is 32.1. The van der Waals surface area contributed by atoms with E-state index in [2.05, 4.69) is 10.3 Å². The molecule has 4 aromatic rings. The van der Waals surface area contributed by atoms with Crippen LogP contribution in [0.2, 0.25) is 0 Å². The molecular weight excluding hydrogens is 478 g/mol. The Morgan fingerprint density at radius 1 is 1.06 bits per heavy atom. The number of pyridine rings is 1. The summed E-state index contributed by atoms with van der Waals surface area (Å²) >= 11 is 5.78. The number of carboxylic acids is 1. The summed E-state index contributed by atoms with van der Waals surface area (Å²) < 4.78 is 17.3. The van der Waals surface area contributed by atoms with Crippen molar-refractivity contribution >= 4 is 29.0 Å². The summed E-state index contributed by atoms with van der Waals surface area (Å²) in [5.41, 5.74) is 2.16. The number of thiocarbonyl (C=S) groups is 1. The van der Waals surface area contributed by atoms with Crippen molar-refractivity contribution in [1.82, 2.24) is 10.3 Å². The highest BCUT2D eigenvalue weighted by molar-refractivity contribution is 7.80. The second-order valence-electron chi connectivity index (χ2n) is 8.09. The second-order valence-corrected chi connectivity index (χ2v) is 8.47. The van der Waals surface area contributed by atoms with E-state index in [1.54, 1.807) is 56.8 Å². The molecule has 9 heteroatoms. The maximum atomic E-state index is 11.8. The van der Waals surface area contributed by atoms with Gasteiger partial charge in [-0.1, -0.05) is 24.3 Å². The van der Waals surface area contributed by atoms with Crippen molar-refractivity contribution in [3.8, 4) is 22.8 Å². The van der Waals surface area contributed by atoms with Gasteiger partial charge in [0.25, 0.3) is 0 Å². The molecule has 1 fully saturated rings. The Kier molecular flexibility index (Phi) is 6.30. The number of aromatic carboxylic acids is 1. The number of nitrogens with one attached hydrogen (secondary N) is 1. The van der Waals surface area contributed by atoms with E-state index in [0.717, 1.165) is 11.4 Å². The van der Waals surface area contributed by atoms with Gasteiger partial charge in [-0.05, 0) is 54.7 Å². The Hall–Kier alpha value is -4.37.